The van der Waals surface area contributed by atoms with E-state index in [1.54, 1.807) is 26.8 Å². The van der Waals surface area contributed by atoms with Gasteiger partial charge < -0.3 is 14.8 Å². The molecule has 4 aromatic rings. The van der Waals surface area contributed by atoms with Gasteiger partial charge in [-0.2, -0.15) is 0 Å². The van der Waals surface area contributed by atoms with Crippen LogP contribution in [-0.2, 0) is 14.9 Å². The van der Waals surface area contributed by atoms with E-state index in [9.17, 15) is 14.0 Å². The van der Waals surface area contributed by atoms with Gasteiger partial charge in [-0.1, -0.05) is 59.3 Å². The number of benzene rings is 3. The van der Waals surface area contributed by atoms with Gasteiger partial charge in [0.2, 0.25) is 0 Å². The van der Waals surface area contributed by atoms with E-state index in [1.807, 2.05) is 62.4 Å². The lowest BCUT2D eigenvalue weighted by Gasteiger charge is -2.32. The summed E-state index contributed by atoms with van der Waals surface area (Å²) in [5.41, 5.74) is 2.42. The zero-order valence-corrected chi connectivity index (χ0v) is 25.7. The molecule has 0 aliphatic heterocycles. The van der Waals surface area contributed by atoms with E-state index in [2.05, 4.69) is 21.2 Å². The third-order valence-corrected chi connectivity index (χ3v) is 7.37. The molecule has 1 amide bonds. The largest absolute Gasteiger partial charge is 0.496 e. The molecule has 6 nitrogen and oxygen atoms in total. The molecule has 0 saturated carbocycles. The predicted molar refractivity (Wildman–Crippen MR) is 163 cm³/mol. The smallest absolute Gasteiger partial charge is 0.307 e. The summed E-state index contributed by atoms with van der Waals surface area (Å²) in [5.74, 6) is -0.943. The molecule has 1 atom stereocenters. The number of fused-ring (bicyclic) bond motifs is 1. The van der Waals surface area contributed by atoms with Crippen molar-refractivity contribution in [2.45, 2.75) is 52.1 Å². The third kappa shape index (κ3) is 6.93. The highest BCUT2D eigenvalue weighted by molar-refractivity contribution is 9.10. The molecule has 1 unspecified atom stereocenters. The van der Waals surface area contributed by atoms with Crippen LogP contribution in [-0.4, -0.2) is 36.1 Å². The van der Waals surface area contributed by atoms with E-state index in [4.69, 9.17) is 14.5 Å². The van der Waals surface area contributed by atoms with Gasteiger partial charge in [-0.25, -0.2) is 9.37 Å². The van der Waals surface area contributed by atoms with Crippen LogP contribution >= 0.6 is 15.9 Å². The Kier molecular flexibility index (Phi) is 8.83. The Balaban J connectivity index is 1.77. The average Bonchev–Trinajstić information content (AvgIpc) is 2.90. The van der Waals surface area contributed by atoms with Crippen LogP contribution in [0.2, 0.25) is 0 Å². The lowest BCUT2D eigenvalue weighted by molar-refractivity contribution is -0.156. The second kappa shape index (κ2) is 12.0. The van der Waals surface area contributed by atoms with Crippen molar-refractivity contribution in [1.82, 2.24) is 10.3 Å². The molecule has 4 rings (SSSR count). The number of carbonyl (C=O) groups is 2. The third-order valence-electron chi connectivity index (χ3n) is 6.87. The number of pyridine rings is 1. The van der Waals surface area contributed by atoms with Gasteiger partial charge in [-0.3, -0.25) is 9.59 Å². The van der Waals surface area contributed by atoms with Crippen molar-refractivity contribution >= 4 is 38.7 Å². The number of methoxy groups -OCH3 is 1. The number of amides is 1. The summed E-state index contributed by atoms with van der Waals surface area (Å²) in [5, 5.41) is 3.76. The van der Waals surface area contributed by atoms with Crippen LogP contribution < -0.4 is 10.1 Å². The fourth-order valence-electron chi connectivity index (χ4n) is 4.98. The number of aromatic nitrogens is 1. The number of nitrogens with one attached hydrogen (secondary N) is 1. The maximum Gasteiger partial charge on any atom is 0.307 e. The first-order chi connectivity index (χ1) is 19.3. The van der Waals surface area contributed by atoms with Crippen molar-refractivity contribution in [2.75, 3.05) is 13.7 Å². The highest BCUT2D eigenvalue weighted by Gasteiger charge is 2.35. The fourth-order valence-corrected chi connectivity index (χ4v) is 5.34. The number of rotatable bonds is 8. The van der Waals surface area contributed by atoms with E-state index in [-0.39, 0.29) is 24.6 Å². The minimum Gasteiger partial charge on any atom is -0.496 e. The van der Waals surface area contributed by atoms with E-state index < -0.39 is 22.8 Å². The summed E-state index contributed by atoms with van der Waals surface area (Å²) < 4.78 is 26.0. The Morgan fingerprint density at radius 2 is 1.71 bits per heavy atom. The number of halogens is 2. The zero-order chi connectivity index (χ0) is 29.9. The minimum absolute atomic E-state index is 0.0605. The van der Waals surface area contributed by atoms with Crippen LogP contribution in [0.15, 0.2) is 71.2 Å². The maximum absolute atomic E-state index is 14.1. The maximum atomic E-state index is 14.1. The average molecular weight is 622 g/mol. The molecule has 3 aromatic carbocycles. The van der Waals surface area contributed by atoms with Gasteiger partial charge in [0.05, 0.1) is 30.3 Å². The van der Waals surface area contributed by atoms with E-state index in [0.29, 0.717) is 27.7 Å². The van der Waals surface area contributed by atoms with Gasteiger partial charge in [-0.05, 0) is 57.5 Å². The Morgan fingerprint density at radius 3 is 2.37 bits per heavy atom. The molecule has 1 N–H and O–H groups in total. The van der Waals surface area contributed by atoms with Crippen molar-refractivity contribution in [2.24, 2.45) is 0 Å². The van der Waals surface area contributed by atoms with Gasteiger partial charge >= 0.3 is 5.97 Å². The van der Waals surface area contributed by atoms with E-state index >= 15 is 0 Å². The summed E-state index contributed by atoms with van der Waals surface area (Å²) in [7, 11) is 1.44. The Bertz CT molecular complexity index is 1600. The predicted octanol–water partition coefficient (Wildman–Crippen LogP) is 7.54. The summed E-state index contributed by atoms with van der Waals surface area (Å²) >= 11 is 3.52. The summed E-state index contributed by atoms with van der Waals surface area (Å²) in [6.45, 7) is 9.15. The SMILES string of the molecule is COc1cc(F)ccc1C(C)(CNC(=O)c1c(C)c(-c2ccccc2)nc2ccc(Br)cc12)CC(=O)OC(C)(C)C. The fraction of sp³-hybridized carbons (Fsp3) is 0.303. The number of ether oxygens (including phenoxy) is 2. The second-order valence-electron chi connectivity index (χ2n) is 11.3. The number of hydrogen-bond acceptors (Lipinski definition) is 5. The molecule has 0 bridgehead atoms. The lowest BCUT2D eigenvalue weighted by atomic mass is 9.78. The van der Waals surface area contributed by atoms with Crippen molar-refractivity contribution < 1.29 is 23.5 Å². The summed E-state index contributed by atoms with van der Waals surface area (Å²) in [4.78, 5) is 31.9. The first-order valence-electron chi connectivity index (χ1n) is 13.3. The number of hydrogen-bond donors (Lipinski definition) is 1. The van der Waals surface area contributed by atoms with Gasteiger partial charge in [-0.15, -0.1) is 0 Å². The first-order valence-corrected chi connectivity index (χ1v) is 14.1. The molecule has 0 radical (unpaired) electrons. The molecule has 0 aliphatic rings. The molecule has 0 fully saturated rings. The number of nitrogens with zero attached hydrogens (tertiary/aromatic N) is 1. The Hall–Kier alpha value is -3.78. The van der Waals surface area contributed by atoms with Crippen LogP contribution in [0.3, 0.4) is 0 Å². The van der Waals surface area contributed by atoms with E-state index in [0.717, 1.165) is 15.6 Å². The molecule has 1 heterocycles. The van der Waals surface area contributed by atoms with Gasteiger partial charge in [0.15, 0.2) is 0 Å². The molecule has 1 aromatic heterocycles. The number of esters is 1. The molecule has 0 aliphatic carbocycles. The molecule has 0 saturated heterocycles. The Labute approximate surface area is 248 Å². The summed E-state index contributed by atoms with van der Waals surface area (Å²) in [6.07, 6.45) is -0.0660. The van der Waals surface area contributed by atoms with Gasteiger partial charge in [0, 0.05) is 39.0 Å². The monoisotopic (exact) mass is 620 g/mol. The highest BCUT2D eigenvalue weighted by Crippen LogP contribution is 2.36. The van der Waals surface area contributed by atoms with Crippen LogP contribution in [0, 0.1) is 12.7 Å². The van der Waals surface area contributed by atoms with Crippen molar-refractivity contribution in [3.05, 3.63) is 93.7 Å². The van der Waals surface area contributed by atoms with Crippen LogP contribution in [0.5, 0.6) is 5.75 Å². The molecular formula is C33H34BrFN2O4. The minimum atomic E-state index is -0.976. The zero-order valence-electron chi connectivity index (χ0n) is 24.1. The standard InChI is InChI=1S/C33H34BrFN2O4/c1-20-29(24-16-22(34)12-15-26(24)37-30(20)21-10-8-7-9-11-21)31(39)36-19-33(5,18-28(38)41-32(2,3)4)25-14-13-23(35)17-27(25)40-6/h7-17H,18-19H2,1-6H3,(H,36,39). The molecular weight excluding hydrogens is 587 g/mol. The second-order valence-corrected chi connectivity index (χ2v) is 12.3. The summed E-state index contributed by atoms with van der Waals surface area (Å²) in [6, 6.07) is 19.5. The van der Waals surface area contributed by atoms with Crippen LogP contribution in [0.4, 0.5) is 4.39 Å². The highest BCUT2D eigenvalue weighted by atomic mass is 79.9. The topological polar surface area (TPSA) is 77.5 Å². The van der Waals surface area contributed by atoms with Crippen molar-refractivity contribution in [3.8, 4) is 17.0 Å². The Morgan fingerprint density at radius 1 is 1.00 bits per heavy atom. The quantitative estimate of drug-likeness (QED) is 0.206. The molecule has 41 heavy (non-hydrogen) atoms. The van der Waals surface area contributed by atoms with Gasteiger partial charge in [0.25, 0.3) is 5.91 Å². The van der Waals surface area contributed by atoms with E-state index in [1.165, 1.54) is 19.2 Å². The number of carbonyl (C=O) groups excluding carboxylic acids is 2. The molecule has 214 valence electrons. The molecule has 8 heteroatoms. The van der Waals surface area contributed by atoms with Crippen LogP contribution in [0.25, 0.3) is 22.2 Å². The van der Waals surface area contributed by atoms with Gasteiger partial charge in [0.1, 0.15) is 17.2 Å². The van der Waals surface area contributed by atoms with Crippen LogP contribution in [0.1, 0.15) is 55.6 Å². The van der Waals surface area contributed by atoms with Crippen molar-refractivity contribution in [3.63, 3.8) is 0 Å². The van der Waals surface area contributed by atoms with Crippen molar-refractivity contribution in [1.29, 1.82) is 0 Å². The molecule has 0 spiro atoms. The first kappa shape index (κ1) is 30.2. The lowest BCUT2D eigenvalue weighted by Crippen LogP contribution is -2.42. The normalized spacial score (nSPS) is 13.0.